The van der Waals surface area contributed by atoms with Crippen molar-refractivity contribution in [1.29, 1.82) is 0 Å². The number of para-hydroxylation sites is 1. The number of carbonyl (C=O) groups is 2. The van der Waals surface area contributed by atoms with Crippen LogP contribution >= 0.6 is 0 Å². The quantitative estimate of drug-likeness (QED) is 0.876. The Morgan fingerprint density at radius 1 is 1.30 bits per heavy atom. The lowest BCUT2D eigenvalue weighted by Gasteiger charge is -2.24. The molecule has 126 valence electrons. The average Bonchev–Trinajstić information content (AvgIpc) is 2.96. The Kier molecular flexibility index (Phi) is 6.16. The first-order valence-electron chi connectivity index (χ1n) is 8.23. The van der Waals surface area contributed by atoms with E-state index in [1.54, 1.807) is 11.9 Å². The number of ether oxygens (including phenoxy) is 1. The van der Waals surface area contributed by atoms with Gasteiger partial charge in [-0.2, -0.15) is 0 Å². The second-order valence-corrected chi connectivity index (χ2v) is 6.12. The van der Waals surface area contributed by atoms with Gasteiger partial charge in [0, 0.05) is 19.2 Å². The molecule has 0 aliphatic carbocycles. The Morgan fingerprint density at radius 2 is 2.04 bits per heavy atom. The molecule has 2 amide bonds. The van der Waals surface area contributed by atoms with Crippen LogP contribution in [-0.4, -0.2) is 37.6 Å². The average molecular weight is 318 g/mol. The van der Waals surface area contributed by atoms with Crippen LogP contribution in [0.1, 0.15) is 38.2 Å². The van der Waals surface area contributed by atoms with Gasteiger partial charge in [-0.3, -0.25) is 9.59 Å². The largest absolute Gasteiger partial charge is 0.375 e. The number of carbonyl (C=O) groups excluding carboxylic acids is 2. The fourth-order valence-corrected chi connectivity index (χ4v) is 2.91. The molecule has 1 aliphatic heterocycles. The fourth-order valence-electron chi connectivity index (χ4n) is 2.91. The molecule has 2 atom stereocenters. The van der Waals surface area contributed by atoms with Crippen molar-refractivity contribution in [3.05, 3.63) is 29.8 Å². The van der Waals surface area contributed by atoms with Gasteiger partial charge < -0.3 is 15.0 Å². The van der Waals surface area contributed by atoms with Crippen LogP contribution in [0.3, 0.4) is 0 Å². The molecule has 1 aliphatic rings. The summed E-state index contributed by atoms with van der Waals surface area (Å²) in [6.07, 6.45) is 3.61. The zero-order valence-electron chi connectivity index (χ0n) is 14.2. The van der Waals surface area contributed by atoms with E-state index in [0.717, 1.165) is 24.1 Å². The number of likely N-dealkylation sites (N-methyl/N-ethyl adjacent to an activating group) is 1. The summed E-state index contributed by atoms with van der Waals surface area (Å²) < 4.78 is 5.77. The molecule has 0 aromatic heterocycles. The number of nitrogens with zero attached hydrogens (tertiary/aromatic N) is 1. The van der Waals surface area contributed by atoms with Crippen molar-refractivity contribution < 1.29 is 14.3 Å². The summed E-state index contributed by atoms with van der Waals surface area (Å²) >= 11 is 0. The maximum absolute atomic E-state index is 12.7. The van der Waals surface area contributed by atoms with Crippen LogP contribution in [0.25, 0.3) is 0 Å². The highest BCUT2D eigenvalue weighted by molar-refractivity contribution is 5.99. The van der Waals surface area contributed by atoms with Crippen molar-refractivity contribution in [1.82, 2.24) is 5.32 Å². The molecule has 1 N–H and O–H groups in total. The summed E-state index contributed by atoms with van der Waals surface area (Å²) in [6, 6.07) is 7.63. The summed E-state index contributed by atoms with van der Waals surface area (Å²) in [5.41, 5.74) is 1.78. The summed E-state index contributed by atoms with van der Waals surface area (Å²) in [5, 5.41) is 2.59. The summed E-state index contributed by atoms with van der Waals surface area (Å²) in [7, 11) is 1.58. The Morgan fingerprint density at radius 3 is 2.65 bits per heavy atom. The van der Waals surface area contributed by atoms with Gasteiger partial charge in [0.25, 0.3) is 0 Å². The third-order valence-corrected chi connectivity index (χ3v) is 4.29. The molecule has 0 spiro atoms. The van der Waals surface area contributed by atoms with Crippen LogP contribution in [-0.2, 0) is 14.3 Å². The topological polar surface area (TPSA) is 58.6 Å². The lowest BCUT2D eigenvalue weighted by atomic mass is 10.1. The Bertz CT molecular complexity index is 559. The summed E-state index contributed by atoms with van der Waals surface area (Å²) in [6.45, 7) is 4.05. The van der Waals surface area contributed by atoms with Gasteiger partial charge >= 0.3 is 0 Å². The lowest BCUT2D eigenvalue weighted by molar-refractivity contribution is -0.123. The second kappa shape index (κ2) is 8.11. The van der Waals surface area contributed by atoms with E-state index in [1.165, 1.54) is 0 Å². The van der Waals surface area contributed by atoms with Gasteiger partial charge in [0.05, 0.1) is 12.2 Å². The van der Waals surface area contributed by atoms with E-state index >= 15 is 0 Å². The highest BCUT2D eigenvalue weighted by Crippen LogP contribution is 2.25. The molecule has 1 aromatic rings. The molecule has 2 rings (SSSR count). The van der Waals surface area contributed by atoms with Crippen LogP contribution in [0.5, 0.6) is 0 Å². The molecular weight excluding hydrogens is 292 g/mol. The van der Waals surface area contributed by atoms with E-state index in [2.05, 4.69) is 12.2 Å². The smallest absolute Gasteiger partial charge is 0.239 e. The molecule has 23 heavy (non-hydrogen) atoms. The monoisotopic (exact) mass is 318 g/mol. The number of nitrogens with one attached hydrogen (secondary N) is 1. The van der Waals surface area contributed by atoms with Crippen molar-refractivity contribution in [3.63, 3.8) is 0 Å². The third-order valence-electron chi connectivity index (χ3n) is 4.29. The molecule has 5 heteroatoms. The van der Waals surface area contributed by atoms with Crippen LogP contribution in [0, 0.1) is 6.92 Å². The fraction of sp³-hybridized carbons (Fsp3) is 0.556. The summed E-state index contributed by atoms with van der Waals surface area (Å²) in [4.78, 5) is 26.0. The normalized spacial score (nSPS) is 20.3. The van der Waals surface area contributed by atoms with Gasteiger partial charge in [-0.15, -0.1) is 0 Å². The highest BCUT2D eigenvalue weighted by Gasteiger charge is 2.25. The van der Waals surface area contributed by atoms with E-state index < -0.39 is 0 Å². The number of rotatable bonds is 6. The minimum absolute atomic E-state index is 0.0361. The SMILES string of the molecule is CNC(=O)CN(C(=O)CC[C@@H]1CC[C@@H](C)O1)c1ccccc1C. The van der Waals surface area contributed by atoms with Gasteiger partial charge in [-0.1, -0.05) is 18.2 Å². The molecular formula is C18H26N2O3. The maximum atomic E-state index is 12.7. The lowest BCUT2D eigenvalue weighted by Crippen LogP contribution is -2.40. The van der Waals surface area contributed by atoms with Crippen molar-refractivity contribution in [2.45, 2.75) is 51.7 Å². The number of benzene rings is 1. The Labute approximate surface area is 138 Å². The molecule has 5 nitrogen and oxygen atoms in total. The summed E-state index contributed by atoms with van der Waals surface area (Å²) in [5.74, 6) is -0.210. The number of anilines is 1. The second-order valence-electron chi connectivity index (χ2n) is 6.12. The predicted octanol–water partition coefficient (Wildman–Crippen LogP) is 2.42. The van der Waals surface area contributed by atoms with E-state index in [0.29, 0.717) is 12.8 Å². The Hall–Kier alpha value is -1.88. The van der Waals surface area contributed by atoms with Crippen LogP contribution in [0.4, 0.5) is 5.69 Å². The molecule has 0 unspecified atom stereocenters. The van der Waals surface area contributed by atoms with Gasteiger partial charge in [-0.05, 0) is 44.7 Å². The van der Waals surface area contributed by atoms with Crippen molar-refractivity contribution in [2.75, 3.05) is 18.5 Å². The molecule has 1 aromatic carbocycles. The van der Waals surface area contributed by atoms with Crippen LogP contribution in [0.15, 0.2) is 24.3 Å². The number of amides is 2. The van der Waals surface area contributed by atoms with Crippen molar-refractivity contribution >= 4 is 17.5 Å². The zero-order chi connectivity index (χ0) is 16.8. The van der Waals surface area contributed by atoms with E-state index in [9.17, 15) is 9.59 Å². The van der Waals surface area contributed by atoms with Gasteiger partial charge in [0.15, 0.2) is 0 Å². The van der Waals surface area contributed by atoms with Gasteiger partial charge in [0.1, 0.15) is 6.54 Å². The third kappa shape index (κ3) is 4.79. The predicted molar refractivity (Wildman–Crippen MR) is 90.4 cm³/mol. The first-order valence-corrected chi connectivity index (χ1v) is 8.23. The number of hydrogen-bond acceptors (Lipinski definition) is 3. The van der Waals surface area contributed by atoms with E-state index in [4.69, 9.17) is 4.74 Å². The van der Waals surface area contributed by atoms with E-state index in [1.807, 2.05) is 31.2 Å². The maximum Gasteiger partial charge on any atom is 0.239 e. The van der Waals surface area contributed by atoms with E-state index in [-0.39, 0.29) is 30.6 Å². The highest BCUT2D eigenvalue weighted by atomic mass is 16.5. The van der Waals surface area contributed by atoms with Gasteiger partial charge in [-0.25, -0.2) is 0 Å². The standard InChI is InChI=1S/C18H26N2O3/c1-13-6-4-5-7-16(13)20(12-17(21)19-3)18(22)11-10-15-9-8-14(2)23-15/h4-7,14-15H,8-12H2,1-3H3,(H,19,21)/t14-,15+/m1/s1. The molecule has 1 saturated heterocycles. The first kappa shape index (κ1) is 17.5. The minimum Gasteiger partial charge on any atom is -0.375 e. The first-order chi connectivity index (χ1) is 11.0. The molecule has 0 bridgehead atoms. The Balaban J connectivity index is 2.05. The number of hydrogen-bond donors (Lipinski definition) is 1. The molecule has 1 heterocycles. The minimum atomic E-state index is -0.174. The zero-order valence-corrected chi connectivity index (χ0v) is 14.2. The van der Waals surface area contributed by atoms with Crippen LogP contribution < -0.4 is 10.2 Å². The van der Waals surface area contributed by atoms with Crippen molar-refractivity contribution in [3.8, 4) is 0 Å². The molecule has 0 saturated carbocycles. The van der Waals surface area contributed by atoms with Crippen molar-refractivity contribution in [2.24, 2.45) is 0 Å². The number of aryl methyl sites for hydroxylation is 1. The molecule has 1 fully saturated rings. The molecule has 0 radical (unpaired) electrons. The van der Waals surface area contributed by atoms with Gasteiger partial charge in [0.2, 0.25) is 11.8 Å². The van der Waals surface area contributed by atoms with Crippen LogP contribution in [0.2, 0.25) is 0 Å².